The van der Waals surface area contributed by atoms with E-state index in [0.29, 0.717) is 6.42 Å². The molecule has 0 atom stereocenters. The van der Waals surface area contributed by atoms with Crippen LogP contribution in [0.3, 0.4) is 0 Å². The van der Waals surface area contributed by atoms with E-state index in [9.17, 15) is 19.5 Å². The van der Waals surface area contributed by atoms with Crippen molar-refractivity contribution < 1.29 is 14.7 Å². The molecule has 0 fully saturated rings. The molecule has 2 heterocycles. The van der Waals surface area contributed by atoms with E-state index in [1.54, 1.807) is 6.07 Å². The highest BCUT2D eigenvalue weighted by atomic mass is 16.3. The van der Waals surface area contributed by atoms with E-state index >= 15 is 0 Å². The molecular weight excluding hydrogens is 284 g/mol. The first-order valence-electron chi connectivity index (χ1n) is 7.25. The SMILES string of the molecule is CCCCCC(=O)n1c(=O)c(C(C)=O)c(O)c2cccnc21. The second-order valence-corrected chi connectivity index (χ2v) is 5.15. The van der Waals surface area contributed by atoms with E-state index < -0.39 is 23.0 Å². The molecule has 22 heavy (non-hydrogen) atoms. The first-order valence-corrected chi connectivity index (χ1v) is 7.25. The number of carbonyl (C=O) groups excluding carboxylic acids is 2. The quantitative estimate of drug-likeness (QED) is 0.677. The maximum Gasteiger partial charge on any atom is 0.273 e. The molecule has 0 saturated carbocycles. The summed E-state index contributed by atoms with van der Waals surface area (Å²) in [6.45, 7) is 3.20. The molecule has 2 aromatic rings. The molecule has 6 heteroatoms. The number of aromatic nitrogens is 2. The largest absolute Gasteiger partial charge is 0.506 e. The smallest absolute Gasteiger partial charge is 0.273 e. The normalized spacial score (nSPS) is 10.8. The van der Waals surface area contributed by atoms with Crippen LogP contribution in [0.15, 0.2) is 23.1 Å². The van der Waals surface area contributed by atoms with E-state index in [2.05, 4.69) is 4.98 Å². The average Bonchev–Trinajstić information content (AvgIpc) is 2.47. The Morgan fingerprint density at radius 3 is 2.68 bits per heavy atom. The monoisotopic (exact) mass is 302 g/mol. The highest BCUT2D eigenvalue weighted by Crippen LogP contribution is 2.25. The van der Waals surface area contributed by atoms with Crippen molar-refractivity contribution in [1.29, 1.82) is 0 Å². The average molecular weight is 302 g/mol. The predicted molar refractivity (Wildman–Crippen MR) is 82.4 cm³/mol. The Hall–Kier alpha value is -2.50. The Labute approximate surface area is 127 Å². The van der Waals surface area contributed by atoms with Gasteiger partial charge in [0.1, 0.15) is 11.3 Å². The number of ketones is 1. The number of nitrogens with zero attached hydrogens (tertiary/aromatic N) is 2. The molecule has 2 aromatic heterocycles. The summed E-state index contributed by atoms with van der Waals surface area (Å²) >= 11 is 0. The minimum atomic E-state index is -0.808. The lowest BCUT2D eigenvalue weighted by molar-refractivity contribution is 0.0899. The molecule has 6 nitrogen and oxygen atoms in total. The number of aromatic hydroxyl groups is 1. The second kappa shape index (κ2) is 6.51. The molecule has 1 N–H and O–H groups in total. The molecule has 2 rings (SSSR count). The minimum Gasteiger partial charge on any atom is -0.506 e. The minimum absolute atomic E-state index is 0.0801. The van der Waals surface area contributed by atoms with Gasteiger partial charge in [-0.3, -0.25) is 14.4 Å². The van der Waals surface area contributed by atoms with Crippen molar-refractivity contribution in [3.05, 3.63) is 34.2 Å². The molecule has 0 aliphatic heterocycles. The second-order valence-electron chi connectivity index (χ2n) is 5.15. The first kappa shape index (κ1) is 15.9. The number of carbonyl (C=O) groups is 2. The van der Waals surface area contributed by atoms with Crippen molar-refractivity contribution in [1.82, 2.24) is 9.55 Å². The molecule has 0 saturated heterocycles. The summed E-state index contributed by atoms with van der Waals surface area (Å²) in [5.74, 6) is -1.41. The summed E-state index contributed by atoms with van der Waals surface area (Å²) < 4.78 is 0.904. The lowest BCUT2D eigenvalue weighted by Gasteiger charge is -2.11. The molecule has 0 aliphatic rings. The van der Waals surface area contributed by atoms with Crippen LogP contribution in [0, 0.1) is 0 Å². The number of pyridine rings is 2. The van der Waals surface area contributed by atoms with Gasteiger partial charge in [-0.1, -0.05) is 19.8 Å². The molecule has 116 valence electrons. The zero-order valence-corrected chi connectivity index (χ0v) is 12.6. The number of rotatable bonds is 5. The number of Topliss-reactive ketones (excluding diaryl/α,β-unsaturated/α-hetero) is 1. The van der Waals surface area contributed by atoms with Gasteiger partial charge in [0.2, 0.25) is 5.91 Å². The molecule has 0 aliphatic carbocycles. The van der Waals surface area contributed by atoms with Gasteiger partial charge in [-0.05, 0) is 25.5 Å². The fourth-order valence-corrected chi connectivity index (χ4v) is 2.39. The van der Waals surface area contributed by atoms with E-state index in [4.69, 9.17) is 0 Å². The summed E-state index contributed by atoms with van der Waals surface area (Å²) in [5, 5.41) is 10.4. The van der Waals surface area contributed by atoms with Crippen molar-refractivity contribution in [3.8, 4) is 5.75 Å². The fourth-order valence-electron chi connectivity index (χ4n) is 2.39. The molecule has 0 spiro atoms. The van der Waals surface area contributed by atoms with Gasteiger partial charge in [-0.2, -0.15) is 0 Å². The maximum absolute atomic E-state index is 12.4. The van der Waals surface area contributed by atoms with Crippen molar-refractivity contribution in [2.45, 2.75) is 39.5 Å². The van der Waals surface area contributed by atoms with Gasteiger partial charge in [0, 0.05) is 12.6 Å². The van der Waals surface area contributed by atoms with Crippen LogP contribution >= 0.6 is 0 Å². The van der Waals surface area contributed by atoms with E-state index in [0.717, 1.165) is 17.4 Å². The Morgan fingerprint density at radius 1 is 1.32 bits per heavy atom. The lowest BCUT2D eigenvalue weighted by Crippen LogP contribution is -2.31. The van der Waals surface area contributed by atoms with Crippen LogP contribution in [-0.2, 0) is 0 Å². The van der Waals surface area contributed by atoms with Crippen molar-refractivity contribution in [2.24, 2.45) is 0 Å². The van der Waals surface area contributed by atoms with Crippen LogP contribution in [0.25, 0.3) is 11.0 Å². The van der Waals surface area contributed by atoms with Gasteiger partial charge in [-0.15, -0.1) is 0 Å². The van der Waals surface area contributed by atoms with Gasteiger partial charge in [0.05, 0.1) is 5.39 Å². The summed E-state index contributed by atoms with van der Waals surface area (Å²) in [5.41, 5.74) is -1.10. The highest BCUT2D eigenvalue weighted by molar-refractivity contribution is 6.03. The zero-order valence-electron chi connectivity index (χ0n) is 12.6. The molecular formula is C16H18N2O4. The van der Waals surface area contributed by atoms with E-state index in [1.165, 1.54) is 19.2 Å². The van der Waals surface area contributed by atoms with Gasteiger partial charge in [-0.25, -0.2) is 9.55 Å². The number of hydrogen-bond acceptors (Lipinski definition) is 5. The fraction of sp³-hybridized carbons (Fsp3) is 0.375. The summed E-state index contributed by atoms with van der Waals surface area (Å²) in [4.78, 5) is 40.5. The number of hydrogen-bond donors (Lipinski definition) is 1. The third-order valence-electron chi connectivity index (χ3n) is 3.50. The van der Waals surface area contributed by atoms with Crippen LogP contribution in [-0.4, -0.2) is 26.3 Å². The van der Waals surface area contributed by atoms with Crippen molar-refractivity contribution in [3.63, 3.8) is 0 Å². The van der Waals surface area contributed by atoms with E-state index in [1.807, 2.05) is 6.92 Å². The maximum atomic E-state index is 12.4. The molecule has 0 radical (unpaired) electrons. The van der Waals surface area contributed by atoms with Crippen LogP contribution in [0.1, 0.15) is 54.7 Å². The molecule has 0 unspecified atom stereocenters. The lowest BCUT2D eigenvalue weighted by atomic mass is 10.1. The molecule has 0 aromatic carbocycles. The van der Waals surface area contributed by atoms with Crippen molar-refractivity contribution in [2.75, 3.05) is 0 Å². The van der Waals surface area contributed by atoms with Gasteiger partial charge in [0.25, 0.3) is 5.56 Å². The summed E-state index contributed by atoms with van der Waals surface area (Å²) in [6.07, 6.45) is 4.12. The van der Waals surface area contributed by atoms with Gasteiger partial charge < -0.3 is 5.11 Å². The van der Waals surface area contributed by atoms with Crippen molar-refractivity contribution >= 4 is 22.7 Å². The van der Waals surface area contributed by atoms with E-state index in [-0.39, 0.29) is 23.0 Å². The molecule has 0 bridgehead atoms. The third kappa shape index (κ3) is 2.77. The number of unbranched alkanes of at least 4 members (excludes halogenated alkanes) is 2. The first-order chi connectivity index (χ1) is 10.5. The van der Waals surface area contributed by atoms with Crippen LogP contribution < -0.4 is 5.56 Å². The highest BCUT2D eigenvalue weighted by Gasteiger charge is 2.22. The summed E-state index contributed by atoms with van der Waals surface area (Å²) in [7, 11) is 0. The topological polar surface area (TPSA) is 89.3 Å². The van der Waals surface area contributed by atoms with Crippen LogP contribution in [0.5, 0.6) is 5.75 Å². The van der Waals surface area contributed by atoms with Crippen LogP contribution in [0.2, 0.25) is 0 Å². The Morgan fingerprint density at radius 2 is 2.05 bits per heavy atom. The third-order valence-corrected chi connectivity index (χ3v) is 3.50. The Balaban J connectivity index is 2.69. The standard InChI is InChI=1S/C16H18N2O4/c1-3-4-5-8-12(20)18-15-11(7-6-9-17-15)14(21)13(10(2)19)16(18)22/h6-7,9,21H,3-5,8H2,1-2H3. The predicted octanol–water partition coefficient (Wildman–Crippen LogP) is 2.53. The number of fused-ring (bicyclic) bond motifs is 1. The van der Waals surface area contributed by atoms with Gasteiger partial charge in [0.15, 0.2) is 11.4 Å². The van der Waals surface area contributed by atoms with Gasteiger partial charge >= 0.3 is 0 Å². The Kier molecular flexibility index (Phi) is 4.70. The zero-order chi connectivity index (χ0) is 16.3. The van der Waals surface area contributed by atoms with Crippen LogP contribution in [0.4, 0.5) is 0 Å². The Bertz CT molecular complexity index is 793. The molecule has 0 amide bonds. The summed E-state index contributed by atoms with van der Waals surface area (Å²) in [6, 6.07) is 3.10.